The Morgan fingerprint density at radius 3 is 2.77 bits per heavy atom. The Labute approximate surface area is 154 Å². The summed E-state index contributed by atoms with van der Waals surface area (Å²) >= 11 is 1.25. The zero-order valence-corrected chi connectivity index (χ0v) is 15.6. The van der Waals surface area contributed by atoms with Crippen molar-refractivity contribution in [2.75, 3.05) is 12.1 Å². The first-order valence-corrected chi connectivity index (χ1v) is 9.11. The van der Waals surface area contributed by atoms with Crippen LogP contribution in [0.5, 0.6) is 11.5 Å². The van der Waals surface area contributed by atoms with E-state index < -0.39 is 6.04 Å². The van der Waals surface area contributed by atoms with Gasteiger partial charge < -0.3 is 14.8 Å². The lowest BCUT2D eigenvalue weighted by atomic mass is 9.98. The van der Waals surface area contributed by atoms with Crippen molar-refractivity contribution >= 4 is 28.3 Å². The predicted molar refractivity (Wildman–Crippen MR) is 97.2 cm³/mol. The minimum atomic E-state index is -0.615. The van der Waals surface area contributed by atoms with Crippen molar-refractivity contribution in [1.29, 1.82) is 0 Å². The van der Waals surface area contributed by atoms with Gasteiger partial charge in [0, 0.05) is 12.5 Å². The van der Waals surface area contributed by atoms with Gasteiger partial charge in [-0.1, -0.05) is 31.6 Å². The molecule has 138 valence electrons. The Morgan fingerprint density at radius 2 is 2.04 bits per heavy atom. The summed E-state index contributed by atoms with van der Waals surface area (Å²) in [5.41, 5.74) is 0.826. The van der Waals surface area contributed by atoms with Crippen molar-refractivity contribution < 1.29 is 19.1 Å². The second kappa shape index (κ2) is 7.69. The fraction of sp³-hybridized carbons (Fsp3) is 0.412. The second-order valence-corrected chi connectivity index (χ2v) is 7.01. The highest BCUT2D eigenvalue weighted by Gasteiger charge is 2.26. The van der Waals surface area contributed by atoms with Crippen LogP contribution < -0.4 is 20.1 Å². The summed E-state index contributed by atoms with van der Waals surface area (Å²) in [4.78, 5) is 23.9. The number of fused-ring (bicyclic) bond motifs is 1. The van der Waals surface area contributed by atoms with Crippen LogP contribution in [0, 0.1) is 5.92 Å². The molecule has 26 heavy (non-hydrogen) atoms. The first kappa shape index (κ1) is 18.1. The highest BCUT2D eigenvalue weighted by Crippen LogP contribution is 2.37. The fourth-order valence-electron chi connectivity index (χ4n) is 2.52. The number of amides is 2. The van der Waals surface area contributed by atoms with E-state index in [1.165, 1.54) is 18.3 Å². The largest absolute Gasteiger partial charge is 0.454 e. The number of carbonyl (C=O) groups excluding carboxylic acids is 2. The highest BCUT2D eigenvalue weighted by molar-refractivity contribution is 7.18. The Kier molecular flexibility index (Phi) is 5.36. The van der Waals surface area contributed by atoms with Gasteiger partial charge in [0.2, 0.25) is 23.7 Å². The molecule has 9 heteroatoms. The smallest absolute Gasteiger partial charge is 0.249 e. The number of benzene rings is 1. The van der Waals surface area contributed by atoms with Gasteiger partial charge >= 0.3 is 0 Å². The van der Waals surface area contributed by atoms with Crippen LogP contribution in [-0.4, -0.2) is 34.8 Å². The molecule has 3 rings (SSSR count). The van der Waals surface area contributed by atoms with Crippen LogP contribution in [-0.2, 0) is 9.59 Å². The van der Waals surface area contributed by atoms with Gasteiger partial charge in [0.15, 0.2) is 11.5 Å². The fourth-order valence-corrected chi connectivity index (χ4v) is 3.27. The number of hydrogen-bond acceptors (Lipinski definition) is 7. The van der Waals surface area contributed by atoms with E-state index in [9.17, 15) is 9.59 Å². The van der Waals surface area contributed by atoms with Gasteiger partial charge in [0.1, 0.15) is 11.0 Å². The van der Waals surface area contributed by atoms with Crippen LogP contribution in [0.25, 0.3) is 10.6 Å². The van der Waals surface area contributed by atoms with Gasteiger partial charge in [0.25, 0.3) is 0 Å². The van der Waals surface area contributed by atoms with Crippen molar-refractivity contribution in [2.24, 2.45) is 5.92 Å². The minimum absolute atomic E-state index is 0.000140. The normalized spacial score (nSPS) is 14.6. The van der Waals surface area contributed by atoms with E-state index in [0.29, 0.717) is 21.6 Å². The Hall–Kier alpha value is -2.68. The van der Waals surface area contributed by atoms with Crippen molar-refractivity contribution in [2.45, 2.75) is 33.2 Å². The maximum Gasteiger partial charge on any atom is 0.249 e. The van der Waals surface area contributed by atoms with Crippen LogP contribution >= 0.6 is 11.3 Å². The Morgan fingerprint density at radius 1 is 1.27 bits per heavy atom. The third-order valence-corrected chi connectivity index (χ3v) is 5.02. The van der Waals surface area contributed by atoms with Gasteiger partial charge in [-0.3, -0.25) is 14.9 Å². The van der Waals surface area contributed by atoms with Crippen molar-refractivity contribution in [3.05, 3.63) is 18.2 Å². The molecule has 1 aliphatic rings. The van der Waals surface area contributed by atoms with Crippen molar-refractivity contribution in [3.8, 4) is 22.1 Å². The van der Waals surface area contributed by atoms with Crippen LogP contribution in [0.4, 0.5) is 5.13 Å². The number of rotatable bonds is 6. The number of nitrogens with zero attached hydrogens (tertiary/aromatic N) is 2. The SMILES string of the molecule is CC[C@@H](C)[C@H](NC(C)=O)C(=O)Nc1nnc(-c2ccc3c(c2)OCO3)s1. The molecule has 2 atom stereocenters. The molecule has 0 aliphatic carbocycles. The molecule has 0 bridgehead atoms. The molecule has 0 spiro atoms. The van der Waals surface area contributed by atoms with E-state index in [0.717, 1.165) is 12.0 Å². The first-order valence-electron chi connectivity index (χ1n) is 8.29. The molecule has 0 unspecified atom stereocenters. The summed E-state index contributed by atoms with van der Waals surface area (Å²) in [7, 11) is 0. The number of aromatic nitrogens is 2. The van der Waals surface area contributed by atoms with E-state index in [-0.39, 0.29) is 24.5 Å². The molecular weight excluding hydrogens is 356 g/mol. The van der Waals surface area contributed by atoms with E-state index in [2.05, 4.69) is 20.8 Å². The number of anilines is 1. The molecule has 0 saturated heterocycles. The van der Waals surface area contributed by atoms with E-state index in [1.807, 2.05) is 32.0 Å². The summed E-state index contributed by atoms with van der Waals surface area (Å²) in [6.45, 7) is 5.48. The zero-order valence-electron chi connectivity index (χ0n) is 14.7. The molecule has 1 aromatic heterocycles. The summed E-state index contributed by atoms with van der Waals surface area (Å²) in [5.74, 6) is 0.802. The monoisotopic (exact) mass is 376 g/mol. The molecule has 0 radical (unpaired) electrons. The van der Waals surface area contributed by atoms with Gasteiger partial charge in [0.05, 0.1) is 0 Å². The van der Waals surface area contributed by atoms with E-state index in [4.69, 9.17) is 9.47 Å². The quantitative estimate of drug-likeness (QED) is 0.803. The molecule has 2 aromatic rings. The lowest BCUT2D eigenvalue weighted by Gasteiger charge is -2.22. The average molecular weight is 376 g/mol. The standard InChI is InChI=1S/C17H20N4O4S/c1-4-9(2)14(18-10(3)22)15(23)19-17-21-20-16(26-17)11-5-6-12-13(7-11)25-8-24-12/h5-7,9,14H,4,8H2,1-3H3,(H,18,22)(H,19,21,23)/t9-,14+/m1/s1. The number of ether oxygens (including phenoxy) is 2. The van der Waals surface area contributed by atoms with Gasteiger partial charge in [-0.05, 0) is 24.1 Å². The number of hydrogen-bond donors (Lipinski definition) is 2. The predicted octanol–water partition coefficient (Wildman–Crippen LogP) is 2.42. The topological polar surface area (TPSA) is 102 Å². The number of nitrogens with one attached hydrogen (secondary N) is 2. The Bertz CT molecular complexity index is 823. The minimum Gasteiger partial charge on any atom is -0.454 e. The summed E-state index contributed by atoms with van der Waals surface area (Å²) in [6.07, 6.45) is 0.761. The number of carbonyl (C=O) groups is 2. The molecule has 2 amide bonds. The van der Waals surface area contributed by atoms with E-state index in [1.54, 1.807) is 0 Å². The molecular formula is C17H20N4O4S. The van der Waals surface area contributed by atoms with E-state index >= 15 is 0 Å². The lowest BCUT2D eigenvalue weighted by molar-refractivity contribution is -0.126. The summed E-state index contributed by atoms with van der Waals surface area (Å²) in [5, 5.41) is 14.6. The van der Waals surface area contributed by atoms with Crippen LogP contribution in [0.1, 0.15) is 27.2 Å². The van der Waals surface area contributed by atoms with Crippen LogP contribution in [0.15, 0.2) is 18.2 Å². The zero-order chi connectivity index (χ0) is 18.7. The highest BCUT2D eigenvalue weighted by atomic mass is 32.1. The molecule has 2 N–H and O–H groups in total. The van der Waals surface area contributed by atoms with Crippen molar-refractivity contribution in [1.82, 2.24) is 15.5 Å². The molecule has 8 nitrogen and oxygen atoms in total. The third kappa shape index (κ3) is 3.93. The molecule has 1 aliphatic heterocycles. The molecule has 1 aromatic carbocycles. The van der Waals surface area contributed by atoms with Crippen LogP contribution in [0.2, 0.25) is 0 Å². The summed E-state index contributed by atoms with van der Waals surface area (Å²) < 4.78 is 10.7. The van der Waals surface area contributed by atoms with Crippen LogP contribution in [0.3, 0.4) is 0 Å². The first-order chi connectivity index (χ1) is 12.5. The van der Waals surface area contributed by atoms with Gasteiger partial charge in [-0.15, -0.1) is 10.2 Å². The Balaban J connectivity index is 1.73. The lowest BCUT2D eigenvalue weighted by Crippen LogP contribution is -2.46. The average Bonchev–Trinajstić information content (AvgIpc) is 3.27. The molecule has 2 heterocycles. The summed E-state index contributed by atoms with van der Waals surface area (Å²) in [6, 6.07) is 4.88. The maximum atomic E-state index is 12.5. The molecule has 0 fully saturated rings. The van der Waals surface area contributed by atoms with Gasteiger partial charge in [-0.25, -0.2) is 0 Å². The third-order valence-electron chi connectivity index (χ3n) is 4.13. The maximum absolute atomic E-state index is 12.5. The second-order valence-electron chi connectivity index (χ2n) is 6.03. The van der Waals surface area contributed by atoms with Gasteiger partial charge in [-0.2, -0.15) is 0 Å². The molecule has 0 saturated carbocycles. The van der Waals surface area contributed by atoms with Crippen molar-refractivity contribution in [3.63, 3.8) is 0 Å².